The van der Waals surface area contributed by atoms with Gasteiger partial charge < -0.3 is 15.2 Å². The van der Waals surface area contributed by atoms with E-state index in [4.69, 9.17) is 4.74 Å². The fourth-order valence-corrected chi connectivity index (χ4v) is 2.47. The lowest BCUT2D eigenvalue weighted by molar-refractivity contribution is 0.132. The van der Waals surface area contributed by atoms with Crippen molar-refractivity contribution in [2.75, 3.05) is 19.8 Å². The van der Waals surface area contributed by atoms with Crippen molar-refractivity contribution in [3.8, 4) is 5.75 Å². The molecule has 0 amide bonds. The summed E-state index contributed by atoms with van der Waals surface area (Å²) < 4.78 is 5.46. The molecule has 2 N–H and O–H groups in total. The molecule has 0 aliphatic rings. The van der Waals surface area contributed by atoms with Gasteiger partial charge in [-0.3, -0.25) is 0 Å². The smallest absolute Gasteiger partial charge is 0.128 e. The summed E-state index contributed by atoms with van der Waals surface area (Å²) in [5.74, 6) is 0.385. The second kappa shape index (κ2) is 8.01. The highest BCUT2D eigenvalue weighted by Gasteiger charge is 2.12. The van der Waals surface area contributed by atoms with Crippen LogP contribution in [0.25, 0.3) is 10.8 Å². The van der Waals surface area contributed by atoms with E-state index in [1.807, 2.05) is 30.3 Å². The maximum absolute atomic E-state index is 10.4. The number of hydrogen-bond acceptors (Lipinski definition) is 3. The summed E-state index contributed by atoms with van der Waals surface area (Å²) in [4.78, 5) is 0. The van der Waals surface area contributed by atoms with Crippen LogP contribution in [0.3, 0.4) is 0 Å². The van der Waals surface area contributed by atoms with Crippen LogP contribution in [-0.2, 0) is 4.74 Å². The molecule has 114 valence electrons. The maximum atomic E-state index is 10.4. The van der Waals surface area contributed by atoms with E-state index in [9.17, 15) is 5.11 Å². The second-order valence-electron chi connectivity index (χ2n) is 5.37. The summed E-state index contributed by atoms with van der Waals surface area (Å²) in [5, 5.41) is 15.8. The summed E-state index contributed by atoms with van der Waals surface area (Å²) in [6.07, 6.45) is 2.05. The Morgan fingerprint density at radius 1 is 1.14 bits per heavy atom. The van der Waals surface area contributed by atoms with Crippen LogP contribution in [0.5, 0.6) is 5.75 Å². The van der Waals surface area contributed by atoms with Gasteiger partial charge >= 0.3 is 0 Å². The van der Waals surface area contributed by atoms with Crippen molar-refractivity contribution < 1.29 is 9.84 Å². The van der Waals surface area contributed by atoms with Gasteiger partial charge in [0.15, 0.2) is 0 Å². The van der Waals surface area contributed by atoms with Crippen molar-refractivity contribution in [1.29, 1.82) is 0 Å². The van der Waals surface area contributed by atoms with Gasteiger partial charge in [0.25, 0.3) is 0 Å². The minimum Gasteiger partial charge on any atom is -0.507 e. The third-order valence-electron chi connectivity index (χ3n) is 3.66. The van der Waals surface area contributed by atoms with Gasteiger partial charge in [0.05, 0.1) is 0 Å². The van der Waals surface area contributed by atoms with Crippen molar-refractivity contribution in [3.63, 3.8) is 0 Å². The average molecular weight is 287 g/mol. The first-order valence-electron chi connectivity index (χ1n) is 7.75. The highest BCUT2D eigenvalue weighted by atomic mass is 16.5. The van der Waals surface area contributed by atoms with Crippen molar-refractivity contribution in [3.05, 3.63) is 42.0 Å². The number of phenolic OH excluding ortho intramolecular Hbond substituents is 1. The molecule has 0 radical (unpaired) electrons. The van der Waals surface area contributed by atoms with Crippen LogP contribution in [0.15, 0.2) is 36.4 Å². The first kappa shape index (κ1) is 15.8. The van der Waals surface area contributed by atoms with Gasteiger partial charge in [0, 0.05) is 30.2 Å². The summed E-state index contributed by atoms with van der Waals surface area (Å²) in [5.41, 5.74) is 0.947. The van der Waals surface area contributed by atoms with Crippen LogP contribution in [0.4, 0.5) is 0 Å². The lowest BCUT2D eigenvalue weighted by atomic mass is 10.0. The number of benzene rings is 2. The third kappa shape index (κ3) is 4.19. The normalized spacial score (nSPS) is 12.7. The molecule has 0 fully saturated rings. The fraction of sp³-hybridized carbons (Fsp3) is 0.444. The summed E-state index contributed by atoms with van der Waals surface area (Å²) in [6, 6.07) is 12.1. The Bertz CT molecular complexity index is 568. The van der Waals surface area contributed by atoms with Crippen molar-refractivity contribution >= 4 is 10.8 Å². The highest BCUT2D eigenvalue weighted by Crippen LogP contribution is 2.32. The minimum atomic E-state index is 0.126. The number of ether oxygens (including phenoxy) is 1. The van der Waals surface area contributed by atoms with E-state index in [1.54, 1.807) is 0 Å². The number of aromatic hydroxyl groups is 1. The fourth-order valence-electron chi connectivity index (χ4n) is 2.47. The number of hydrogen-bond donors (Lipinski definition) is 2. The second-order valence-corrected chi connectivity index (χ2v) is 5.37. The zero-order chi connectivity index (χ0) is 15.1. The van der Waals surface area contributed by atoms with E-state index in [0.29, 0.717) is 5.75 Å². The molecule has 0 heterocycles. The Balaban J connectivity index is 1.93. The molecule has 0 saturated carbocycles. The van der Waals surface area contributed by atoms with Crippen molar-refractivity contribution in [2.24, 2.45) is 0 Å². The van der Waals surface area contributed by atoms with E-state index in [1.165, 1.54) is 0 Å². The molecular formula is C18H25NO2. The van der Waals surface area contributed by atoms with Crippen LogP contribution in [-0.4, -0.2) is 24.9 Å². The Morgan fingerprint density at radius 3 is 2.76 bits per heavy atom. The van der Waals surface area contributed by atoms with Gasteiger partial charge in [-0.1, -0.05) is 43.3 Å². The van der Waals surface area contributed by atoms with Crippen molar-refractivity contribution in [1.82, 2.24) is 5.32 Å². The van der Waals surface area contributed by atoms with Crippen LogP contribution in [0.2, 0.25) is 0 Å². The number of rotatable bonds is 8. The van der Waals surface area contributed by atoms with Crippen LogP contribution in [0.1, 0.15) is 38.3 Å². The van der Waals surface area contributed by atoms with Gasteiger partial charge in [-0.05, 0) is 31.7 Å². The maximum Gasteiger partial charge on any atom is 0.128 e. The predicted octanol–water partition coefficient (Wildman–Crippen LogP) is 4.01. The largest absolute Gasteiger partial charge is 0.507 e. The summed E-state index contributed by atoms with van der Waals surface area (Å²) >= 11 is 0. The van der Waals surface area contributed by atoms with Gasteiger partial charge in [-0.15, -0.1) is 0 Å². The quantitative estimate of drug-likeness (QED) is 0.721. The summed E-state index contributed by atoms with van der Waals surface area (Å²) in [6.45, 7) is 6.70. The Hall–Kier alpha value is -1.58. The van der Waals surface area contributed by atoms with E-state index >= 15 is 0 Å². The molecule has 0 saturated heterocycles. The van der Waals surface area contributed by atoms with E-state index in [2.05, 4.69) is 25.2 Å². The van der Waals surface area contributed by atoms with Crippen molar-refractivity contribution in [2.45, 2.75) is 32.7 Å². The number of nitrogens with one attached hydrogen (secondary N) is 1. The lowest BCUT2D eigenvalue weighted by Gasteiger charge is -2.17. The molecule has 2 aromatic carbocycles. The highest BCUT2D eigenvalue weighted by molar-refractivity contribution is 5.89. The zero-order valence-electron chi connectivity index (χ0n) is 12.9. The number of phenols is 1. The minimum absolute atomic E-state index is 0.126. The molecular weight excluding hydrogens is 262 g/mol. The third-order valence-corrected chi connectivity index (χ3v) is 3.66. The average Bonchev–Trinajstić information content (AvgIpc) is 2.51. The Morgan fingerprint density at radius 2 is 1.95 bits per heavy atom. The van der Waals surface area contributed by atoms with Gasteiger partial charge in [0.1, 0.15) is 5.75 Å². The number of fused-ring (bicyclic) bond motifs is 1. The molecule has 0 aliphatic carbocycles. The molecule has 1 atom stereocenters. The molecule has 1 unspecified atom stereocenters. The van der Waals surface area contributed by atoms with Crippen LogP contribution < -0.4 is 5.32 Å². The summed E-state index contributed by atoms with van der Waals surface area (Å²) in [7, 11) is 0. The Labute approximate surface area is 126 Å². The topological polar surface area (TPSA) is 41.5 Å². The monoisotopic (exact) mass is 287 g/mol. The molecule has 3 nitrogen and oxygen atoms in total. The zero-order valence-corrected chi connectivity index (χ0v) is 12.9. The molecule has 0 aliphatic heterocycles. The molecule has 3 heteroatoms. The molecule has 0 spiro atoms. The SMILES string of the molecule is CCCOCCCNC(C)c1ccc2ccccc2c1O. The standard InChI is InChI=1S/C18H25NO2/c1-3-12-21-13-6-11-19-14(2)16-10-9-15-7-4-5-8-17(15)18(16)20/h4-5,7-10,14,19-20H,3,6,11-13H2,1-2H3. The van der Waals surface area contributed by atoms with Gasteiger partial charge in [-0.25, -0.2) is 0 Å². The molecule has 0 bridgehead atoms. The first-order valence-corrected chi connectivity index (χ1v) is 7.75. The van der Waals surface area contributed by atoms with E-state index < -0.39 is 0 Å². The van der Waals surface area contributed by atoms with E-state index in [0.717, 1.165) is 48.9 Å². The predicted molar refractivity (Wildman–Crippen MR) is 87.8 cm³/mol. The Kier molecular flexibility index (Phi) is 6.03. The first-order chi connectivity index (χ1) is 10.2. The van der Waals surface area contributed by atoms with Gasteiger partial charge in [0.2, 0.25) is 0 Å². The molecule has 0 aromatic heterocycles. The molecule has 2 aromatic rings. The van der Waals surface area contributed by atoms with E-state index in [-0.39, 0.29) is 6.04 Å². The molecule has 2 rings (SSSR count). The van der Waals surface area contributed by atoms with Crippen LogP contribution >= 0.6 is 0 Å². The molecule has 21 heavy (non-hydrogen) atoms. The van der Waals surface area contributed by atoms with Crippen LogP contribution in [0, 0.1) is 0 Å². The lowest BCUT2D eigenvalue weighted by Crippen LogP contribution is -2.21. The van der Waals surface area contributed by atoms with Gasteiger partial charge in [-0.2, -0.15) is 0 Å².